The highest BCUT2D eigenvalue weighted by atomic mass is 16.8. The largest absolute Gasteiger partial charge is 0.508 e. The summed E-state index contributed by atoms with van der Waals surface area (Å²) in [5, 5.41) is 0. The molecule has 0 amide bonds. The molecule has 5 unspecified atom stereocenters. The maximum atomic E-state index is 12.3. The van der Waals surface area contributed by atoms with Gasteiger partial charge >= 0.3 is 12.3 Å². The molecule has 0 saturated heterocycles. The molecule has 1 saturated carbocycles. The van der Waals surface area contributed by atoms with E-state index in [0.29, 0.717) is 43.8 Å². The fraction of sp³-hybridized carbons (Fsp3) is 0.920. The maximum absolute atomic E-state index is 12.3. The van der Waals surface area contributed by atoms with Gasteiger partial charge in [0.05, 0.1) is 13.2 Å². The second-order valence-electron chi connectivity index (χ2n) is 9.19. The number of rotatable bonds is 14. The summed E-state index contributed by atoms with van der Waals surface area (Å²) in [4.78, 5) is 24.5. The zero-order valence-corrected chi connectivity index (χ0v) is 20.5. The highest BCUT2D eigenvalue weighted by Crippen LogP contribution is 2.29. The van der Waals surface area contributed by atoms with Gasteiger partial charge in [-0.1, -0.05) is 73.1 Å². The molecule has 0 spiro atoms. The average molecular weight is 443 g/mol. The van der Waals surface area contributed by atoms with Crippen LogP contribution in [0.5, 0.6) is 0 Å². The van der Waals surface area contributed by atoms with Gasteiger partial charge in [0.25, 0.3) is 0 Å². The first-order chi connectivity index (χ1) is 14.9. The summed E-state index contributed by atoms with van der Waals surface area (Å²) in [6.07, 6.45) is 8.54. The minimum absolute atomic E-state index is 0.360. The Morgan fingerprint density at radius 2 is 1.26 bits per heavy atom. The van der Waals surface area contributed by atoms with Crippen LogP contribution in [0.15, 0.2) is 0 Å². The van der Waals surface area contributed by atoms with Crippen molar-refractivity contribution in [3.05, 3.63) is 0 Å². The molecule has 0 aromatic rings. The van der Waals surface area contributed by atoms with Crippen LogP contribution in [0.3, 0.4) is 0 Å². The van der Waals surface area contributed by atoms with Crippen molar-refractivity contribution in [3.8, 4) is 0 Å². The van der Waals surface area contributed by atoms with Crippen LogP contribution < -0.4 is 0 Å². The summed E-state index contributed by atoms with van der Waals surface area (Å²) in [7, 11) is 0. The van der Waals surface area contributed by atoms with Gasteiger partial charge in [-0.2, -0.15) is 0 Å². The zero-order chi connectivity index (χ0) is 23.1. The summed E-state index contributed by atoms with van der Waals surface area (Å²) in [5.74, 6) is 1.12. The van der Waals surface area contributed by atoms with Crippen LogP contribution in [0.4, 0.5) is 9.59 Å². The second kappa shape index (κ2) is 16.2. The molecule has 6 nitrogen and oxygen atoms in total. The number of unbranched alkanes of at least 4 members (excludes halogenated alkanes) is 2. The second-order valence-corrected chi connectivity index (χ2v) is 9.19. The Bertz CT molecular complexity index is 494. The normalized spacial score (nSPS) is 22.9. The summed E-state index contributed by atoms with van der Waals surface area (Å²) < 4.78 is 21.9. The third-order valence-electron chi connectivity index (χ3n) is 6.45. The molecule has 6 heteroatoms. The van der Waals surface area contributed by atoms with Crippen LogP contribution in [0.25, 0.3) is 0 Å². The minimum Gasteiger partial charge on any atom is -0.434 e. The number of hydrogen-bond donors (Lipinski definition) is 0. The molecule has 31 heavy (non-hydrogen) atoms. The fourth-order valence-corrected chi connectivity index (χ4v) is 4.04. The SMILES string of the molecule is CCCCC(CC)COC(=O)OC1CCC(C)CC1OC(=O)OCC(CC)CCCC. The van der Waals surface area contributed by atoms with E-state index in [-0.39, 0.29) is 0 Å². The molecular formula is C25H46O6. The van der Waals surface area contributed by atoms with E-state index < -0.39 is 24.5 Å². The van der Waals surface area contributed by atoms with Crippen LogP contribution in [0.1, 0.15) is 105 Å². The molecular weight excluding hydrogens is 396 g/mol. The molecule has 0 bridgehead atoms. The lowest BCUT2D eigenvalue weighted by Gasteiger charge is -2.33. The Morgan fingerprint density at radius 3 is 1.71 bits per heavy atom. The van der Waals surface area contributed by atoms with E-state index in [1.807, 2.05) is 0 Å². The first-order valence-corrected chi connectivity index (χ1v) is 12.6. The molecule has 182 valence electrons. The molecule has 0 aromatic heterocycles. The molecule has 1 rings (SSSR count). The van der Waals surface area contributed by atoms with Gasteiger partial charge in [0, 0.05) is 0 Å². The molecule has 5 atom stereocenters. The molecule has 0 aromatic carbocycles. The molecule has 0 aliphatic heterocycles. The first-order valence-electron chi connectivity index (χ1n) is 12.6. The number of hydrogen-bond acceptors (Lipinski definition) is 6. The average Bonchev–Trinajstić information content (AvgIpc) is 2.76. The van der Waals surface area contributed by atoms with Gasteiger partial charge in [0.2, 0.25) is 0 Å². The van der Waals surface area contributed by atoms with Gasteiger partial charge in [-0.25, -0.2) is 9.59 Å². The summed E-state index contributed by atoms with van der Waals surface area (Å²) >= 11 is 0. The quantitative estimate of drug-likeness (QED) is 0.263. The van der Waals surface area contributed by atoms with Crippen LogP contribution >= 0.6 is 0 Å². The number of carbonyl (C=O) groups excluding carboxylic acids is 2. The fourth-order valence-electron chi connectivity index (χ4n) is 4.04. The van der Waals surface area contributed by atoms with Gasteiger partial charge in [0.1, 0.15) is 12.2 Å². The number of ether oxygens (including phenoxy) is 4. The third kappa shape index (κ3) is 11.6. The van der Waals surface area contributed by atoms with E-state index in [1.54, 1.807) is 0 Å². The lowest BCUT2D eigenvalue weighted by atomic mass is 9.86. The highest BCUT2D eigenvalue weighted by Gasteiger charge is 2.35. The highest BCUT2D eigenvalue weighted by molar-refractivity contribution is 5.61. The predicted molar refractivity (Wildman–Crippen MR) is 122 cm³/mol. The van der Waals surface area contributed by atoms with Crippen molar-refractivity contribution in [1.82, 2.24) is 0 Å². The lowest BCUT2D eigenvalue weighted by molar-refractivity contribution is -0.0818. The minimum atomic E-state index is -0.665. The first kappa shape index (κ1) is 27.6. The Morgan fingerprint density at radius 1 is 0.774 bits per heavy atom. The Hall–Kier alpha value is -1.46. The smallest absolute Gasteiger partial charge is 0.434 e. The molecule has 0 N–H and O–H groups in total. The number of carbonyl (C=O) groups is 2. The van der Waals surface area contributed by atoms with E-state index in [0.717, 1.165) is 57.8 Å². The van der Waals surface area contributed by atoms with Crippen molar-refractivity contribution in [3.63, 3.8) is 0 Å². The molecule has 0 heterocycles. The maximum Gasteiger partial charge on any atom is 0.508 e. The molecule has 0 radical (unpaired) electrons. The van der Waals surface area contributed by atoms with Crippen LogP contribution in [0.2, 0.25) is 0 Å². The van der Waals surface area contributed by atoms with Crippen molar-refractivity contribution in [2.45, 2.75) is 117 Å². The standard InChI is InChI=1S/C25H46O6/c1-6-10-12-20(8-3)17-28-24(26)30-22-15-14-19(5)16-23(22)31-25(27)29-18-21(9-4)13-11-7-2/h19-23H,6-18H2,1-5H3. The third-order valence-corrected chi connectivity index (χ3v) is 6.45. The Balaban J connectivity index is 2.49. The lowest BCUT2D eigenvalue weighted by Crippen LogP contribution is -2.40. The van der Waals surface area contributed by atoms with E-state index in [4.69, 9.17) is 18.9 Å². The van der Waals surface area contributed by atoms with E-state index >= 15 is 0 Å². The van der Waals surface area contributed by atoms with E-state index in [2.05, 4.69) is 34.6 Å². The van der Waals surface area contributed by atoms with Gasteiger partial charge in [-0.3, -0.25) is 0 Å². The Kier molecular flexibility index (Phi) is 14.4. The van der Waals surface area contributed by atoms with Gasteiger partial charge in [0.15, 0.2) is 0 Å². The zero-order valence-electron chi connectivity index (χ0n) is 20.5. The van der Waals surface area contributed by atoms with Crippen LogP contribution in [-0.4, -0.2) is 37.7 Å². The van der Waals surface area contributed by atoms with Crippen LogP contribution in [-0.2, 0) is 18.9 Å². The predicted octanol–water partition coefficient (Wildman–Crippen LogP) is 7.28. The van der Waals surface area contributed by atoms with Crippen molar-refractivity contribution < 1.29 is 28.5 Å². The summed E-state index contributed by atoms with van der Waals surface area (Å²) in [6.45, 7) is 11.4. The van der Waals surface area contributed by atoms with E-state index in [1.165, 1.54) is 0 Å². The van der Waals surface area contributed by atoms with Gasteiger partial charge in [-0.15, -0.1) is 0 Å². The van der Waals surface area contributed by atoms with Crippen molar-refractivity contribution in [2.75, 3.05) is 13.2 Å². The van der Waals surface area contributed by atoms with Crippen LogP contribution in [0, 0.1) is 17.8 Å². The Labute approximate surface area is 189 Å². The van der Waals surface area contributed by atoms with Gasteiger partial charge < -0.3 is 18.9 Å². The monoisotopic (exact) mass is 442 g/mol. The van der Waals surface area contributed by atoms with Crippen molar-refractivity contribution in [1.29, 1.82) is 0 Å². The van der Waals surface area contributed by atoms with Crippen molar-refractivity contribution in [2.24, 2.45) is 17.8 Å². The molecule has 1 aliphatic carbocycles. The summed E-state index contributed by atoms with van der Waals surface area (Å²) in [6, 6.07) is 0. The van der Waals surface area contributed by atoms with E-state index in [9.17, 15) is 9.59 Å². The van der Waals surface area contributed by atoms with Crippen molar-refractivity contribution >= 4 is 12.3 Å². The topological polar surface area (TPSA) is 71.1 Å². The summed E-state index contributed by atoms with van der Waals surface area (Å²) in [5.41, 5.74) is 0. The molecule has 1 fully saturated rings. The molecule has 1 aliphatic rings. The van der Waals surface area contributed by atoms with Gasteiger partial charge in [-0.05, 0) is 49.9 Å².